The molecule has 0 bridgehead atoms. The van der Waals surface area contributed by atoms with E-state index >= 15 is 0 Å². The number of hydrogen-bond acceptors (Lipinski definition) is 7. The summed E-state index contributed by atoms with van der Waals surface area (Å²) in [5, 5.41) is 6.11. The predicted octanol–water partition coefficient (Wildman–Crippen LogP) is 0.343. The van der Waals surface area contributed by atoms with Gasteiger partial charge in [-0.1, -0.05) is 0 Å². The van der Waals surface area contributed by atoms with Crippen LogP contribution in [0.15, 0.2) is 6.07 Å². The fourth-order valence-corrected chi connectivity index (χ4v) is 1.39. The van der Waals surface area contributed by atoms with Gasteiger partial charge in [0.25, 0.3) is 0 Å². The fraction of sp³-hybridized carbons (Fsp3) is 0.583. The molecule has 2 N–H and O–H groups in total. The number of likely N-dealkylation sites (N-methyl/N-ethyl adjacent to an activating group) is 1. The maximum absolute atomic E-state index is 11.1. The van der Waals surface area contributed by atoms with Gasteiger partial charge in [0.15, 0.2) is 0 Å². The van der Waals surface area contributed by atoms with E-state index in [0.29, 0.717) is 11.6 Å². The minimum Gasteiger partial charge on any atom is -0.468 e. The smallest absolute Gasteiger partial charge is 0.325 e. The van der Waals surface area contributed by atoms with E-state index in [1.807, 2.05) is 14.1 Å². The molecule has 0 spiro atoms. The van der Waals surface area contributed by atoms with Gasteiger partial charge in [-0.3, -0.25) is 4.79 Å². The van der Waals surface area contributed by atoms with Crippen molar-refractivity contribution in [3.8, 4) is 0 Å². The molecule has 1 heterocycles. The molecule has 0 aliphatic rings. The van der Waals surface area contributed by atoms with Crippen molar-refractivity contribution in [3.05, 3.63) is 11.9 Å². The van der Waals surface area contributed by atoms with Crippen molar-refractivity contribution in [1.29, 1.82) is 0 Å². The zero-order chi connectivity index (χ0) is 14.3. The van der Waals surface area contributed by atoms with Crippen molar-refractivity contribution in [2.24, 2.45) is 0 Å². The molecule has 7 nitrogen and oxygen atoms in total. The Morgan fingerprint density at radius 3 is 2.53 bits per heavy atom. The number of aryl methyl sites for hydroxylation is 1. The Hall–Kier alpha value is -1.89. The van der Waals surface area contributed by atoms with Gasteiger partial charge in [-0.25, -0.2) is 9.97 Å². The van der Waals surface area contributed by atoms with E-state index in [-0.39, 0.29) is 12.5 Å². The number of aromatic nitrogens is 2. The van der Waals surface area contributed by atoms with Crippen LogP contribution in [0.5, 0.6) is 0 Å². The van der Waals surface area contributed by atoms with Crippen LogP contribution in [-0.2, 0) is 9.53 Å². The Morgan fingerprint density at radius 2 is 1.95 bits per heavy atom. The van der Waals surface area contributed by atoms with Crippen LogP contribution in [0.4, 0.5) is 11.6 Å². The van der Waals surface area contributed by atoms with Crippen LogP contribution in [0.3, 0.4) is 0 Å². The van der Waals surface area contributed by atoms with Crippen molar-refractivity contribution >= 4 is 17.6 Å². The number of nitrogens with one attached hydrogen (secondary N) is 2. The van der Waals surface area contributed by atoms with Gasteiger partial charge >= 0.3 is 5.97 Å². The summed E-state index contributed by atoms with van der Waals surface area (Å²) in [6.45, 7) is 3.60. The Kier molecular flexibility index (Phi) is 6.01. The summed E-state index contributed by atoms with van der Waals surface area (Å²) < 4.78 is 4.56. The van der Waals surface area contributed by atoms with E-state index in [1.165, 1.54) is 7.11 Å². The van der Waals surface area contributed by atoms with Crippen molar-refractivity contribution in [2.75, 3.05) is 51.5 Å². The van der Waals surface area contributed by atoms with Crippen molar-refractivity contribution in [2.45, 2.75) is 6.92 Å². The predicted molar refractivity (Wildman–Crippen MR) is 74.3 cm³/mol. The molecule has 0 radical (unpaired) electrons. The van der Waals surface area contributed by atoms with Gasteiger partial charge < -0.3 is 20.3 Å². The molecule has 0 saturated carbocycles. The summed E-state index contributed by atoms with van der Waals surface area (Å²) >= 11 is 0. The van der Waals surface area contributed by atoms with Crippen LogP contribution >= 0.6 is 0 Å². The lowest BCUT2D eigenvalue weighted by Crippen LogP contribution is -2.21. The Bertz CT molecular complexity index is 423. The molecule has 0 amide bonds. The second-order valence-corrected chi connectivity index (χ2v) is 4.35. The highest BCUT2D eigenvalue weighted by atomic mass is 16.5. The first kappa shape index (κ1) is 15.2. The summed E-state index contributed by atoms with van der Waals surface area (Å²) in [6, 6.07) is 1.77. The molecular formula is C12H21N5O2. The lowest BCUT2D eigenvalue weighted by Gasteiger charge is -2.12. The molecule has 0 aliphatic heterocycles. The second kappa shape index (κ2) is 7.52. The molecule has 0 aromatic carbocycles. The molecule has 0 aliphatic carbocycles. The van der Waals surface area contributed by atoms with Crippen molar-refractivity contribution in [3.63, 3.8) is 0 Å². The summed E-state index contributed by atoms with van der Waals surface area (Å²) in [6.07, 6.45) is 0. The van der Waals surface area contributed by atoms with E-state index in [9.17, 15) is 4.79 Å². The van der Waals surface area contributed by atoms with Crippen LogP contribution in [0.25, 0.3) is 0 Å². The number of hydrogen-bond donors (Lipinski definition) is 2. The molecule has 106 valence electrons. The Labute approximate surface area is 113 Å². The van der Waals surface area contributed by atoms with Gasteiger partial charge in [0, 0.05) is 19.2 Å². The van der Waals surface area contributed by atoms with Crippen LogP contribution in [0.1, 0.15) is 5.82 Å². The summed E-state index contributed by atoms with van der Waals surface area (Å²) in [4.78, 5) is 21.6. The zero-order valence-electron chi connectivity index (χ0n) is 11.9. The number of anilines is 2. The van der Waals surface area contributed by atoms with Gasteiger partial charge in [0.2, 0.25) is 0 Å². The molecule has 0 saturated heterocycles. The summed E-state index contributed by atoms with van der Waals surface area (Å²) in [7, 11) is 5.37. The minimum absolute atomic E-state index is 0.0874. The highest BCUT2D eigenvalue weighted by molar-refractivity contribution is 5.74. The van der Waals surface area contributed by atoms with Gasteiger partial charge in [-0.2, -0.15) is 0 Å². The first-order chi connectivity index (χ1) is 9.01. The van der Waals surface area contributed by atoms with Gasteiger partial charge in [0.1, 0.15) is 24.0 Å². The molecule has 7 heteroatoms. The standard InChI is InChI=1S/C12H21N5O2/c1-9-15-10(13-5-6-17(2)3)7-11(16-9)14-8-12(18)19-4/h7H,5-6,8H2,1-4H3,(H2,13,14,15,16). The van der Waals surface area contributed by atoms with E-state index in [4.69, 9.17) is 0 Å². The van der Waals surface area contributed by atoms with E-state index in [2.05, 4.69) is 30.2 Å². The van der Waals surface area contributed by atoms with Crippen LogP contribution in [0, 0.1) is 6.92 Å². The monoisotopic (exact) mass is 267 g/mol. The first-order valence-electron chi connectivity index (χ1n) is 6.06. The second-order valence-electron chi connectivity index (χ2n) is 4.35. The molecule has 1 aromatic heterocycles. The lowest BCUT2D eigenvalue weighted by atomic mass is 10.4. The molecular weight excluding hydrogens is 246 g/mol. The number of carbonyl (C=O) groups is 1. The molecule has 0 fully saturated rings. The molecule has 1 aromatic rings. The number of esters is 1. The molecule has 0 atom stereocenters. The topological polar surface area (TPSA) is 79.4 Å². The maximum Gasteiger partial charge on any atom is 0.325 e. The van der Waals surface area contributed by atoms with Gasteiger partial charge in [-0.05, 0) is 21.0 Å². The van der Waals surface area contributed by atoms with E-state index in [1.54, 1.807) is 13.0 Å². The number of ether oxygens (including phenoxy) is 1. The third-order valence-electron chi connectivity index (χ3n) is 2.34. The summed E-state index contributed by atoms with van der Waals surface area (Å²) in [5.74, 6) is 1.65. The van der Waals surface area contributed by atoms with Gasteiger partial charge in [-0.15, -0.1) is 0 Å². The SMILES string of the molecule is COC(=O)CNc1cc(NCCN(C)C)nc(C)n1. The molecule has 19 heavy (non-hydrogen) atoms. The quantitative estimate of drug-likeness (QED) is 0.690. The fourth-order valence-electron chi connectivity index (χ4n) is 1.39. The summed E-state index contributed by atoms with van der Waals surface area (Å²) in [5.41, 5.74) is 0. The van der Waals surface area contributed by atoms with Crippen molar-refractivity contribution < 1.29 is 9.53 Å². The number of rotatable bonds is 7. The Morgan fingerprint density at radius 1 is 1.32 bits per heavy atom. The van der Waals surface area contributed by atoms with E-state index < -0.39 is 0 Å². The Balaban J connectivity index is 2.58. The molecule has 1 rings (SSSR count). The first-order valence-corrected chi connectivity index (χ1v) is 6.06. The maximum atomic E-state index is 11.1. The van der Waals surface area contributed by atoms with E-state index in [0.717, 1.165) is 18.9 Å². The van der Waals surface area contributed by atoms with Gasteiger partial charge in [0.05, 0.1) is 7.11 Å². The van der Waals surface area contributed by atoms with Crippen LogP contribution < -0.4 is 10.6 Å². The average molecular weight is 267 g/mol. The van der Waals surface area contributed by atoms with Crippen molar-refractivity contribution in [1.82, 2.24) is 14.9 Å². The molecule has 0 unspecified atom stereocenters. The third-order valence-corrected chi connectivity index (χ3v) is 2.34. The average Bonchev–Trinajstić information content (AvgIpc) is 2.35. The highest BCUT2D eigenvalue weighted by Gasteiger charge is 2.04. The third kappa shape index (κ3) is 6.01. The normalized spacial score (nSPS) is 10.4. The lowest BCUT2D eigenvalue weighted by molar-refractivity contribution is -0.138. The van der Waals surface area contributed by atoms with Crippen LogP contribution in [-0.4, -0.2) is 61.7 Å². The largest absolute Gasteiger partial charge is 0.468 e. The highest BCUT2D eigenvalue weighted by Crippen LogP contribution is 2.10. The number of nitrogens with zero attached hydrogens (tertiary/aromatic N) is 3. The minimum atomic E-state index is -0.335. The van der Waals surface area contributed by atoms with Crippen LogP contribution in [0.2, 0.25) is 0 Å². The zero-order valence-corrected chi connectivity index (χ0v) is 11.9. The number of carbonyl (C=O) groups excluding carboxylic acids is 1. The number of methoxy groups -OCH3 is 1.